The van der Waals surface area contributed by atoms with Crippen molar-refractivity contribution in [2.24, 2.45) is 0 Å². The van der Waals surface area contributed by atoms with Gasteiger partial charge in [0.05, 0.1) is 18.7 Å². The van der Waals surface area contributed by atoms with Gasteiger partial charge in [0.25, 0.3) is 0 Å². The number of hydrogen-bond donors (Lipinski definition) is 0. The molecule has 0 spiro atoms. The van der Waals surface area contributed by atoms with Crippen LogP contribution in [0.3, 0.4) is 0 Å². The molecule has 0 aliphatic rings. The van der Waals surface area contributed by atoms with Crippen molar-refractivity contribution in [2.45, 2.75) is 0 Å². The summed E-state index contributed by atoms with van der Waals surface area (Å²) in [4.78, 5) is 12.1. The average Bonchev–Trinajstić information content (AvgIpc) is 2.64. The molecule has 5 nitrogen and oxygen atoms in total. The first-order valence-electron chi connectivity index (χ1n) is 7.08. The number of ether oxygens (including phenoxy) is 2. The number of nitrogens with zero attached hydrogens (tertiary/aromatic N) is 2. The molecule has 0 atom stereocenters. The van der Waals surface area contributed by atoms with E-state index < -0.39 is 0 Å². The standard InChI is InChI=1S/C19H14N2O3/c1-23-19-12-14(5-9-18(19)24-11-10-20)4-8-17(22)16-6-2-15(13-21)3-7-16/h2-9,12H,11H2,1H3/b8-4+. The van der Waals surface area contributed by atoms with Gasteiger partial charge in [-0.2, -0.15) is 10.5 Å². The zero-order valence-corrected chi connectivity index (χ0v) is 13.0. The number of methoxy groups -OCH3 is 1. The van der Waals surface area contributed by atoms with Crippen LogP contribution in [0, 0.1) is 22.7 Å². The number of ketones is 1. The molecule has 0 heterocycles. The molecule has 0 amide bonds. The van der Waals surface area contributed by atoms with Gasteiger partial charge in [0.2, 0.25) is 0 Å². The summed E-state index contributed by atoms with van der Waals surface area (Å²) in [6.07, 6.45) is 3.11. The maximum atomic E-state index is 12.1. The van der Waals surface area contributed by atoms with Gasteiger partial charge in [0.1, 0.15) is 6.07 Å². The molecular formula is C19H14N2O3. The minimum Gasteiger partial charge on any atom is -0.493 e. The third-order valence-corrected chi connectivity index (χ3v) is 3.21. The highest BCUT2D eigenvalue weighted by Gasteiger charge is 2.05. The molecule has 2 rings (SSSR count). The Bertz CT molecular complexity index is 840. The molecule has 0 N–H and O–H groups in total. The molecule has 0 aliphatic heterocycles. The van der Waals surface area contributed by atoms with E-state index in [0.717, 1.165) is 5.56 Å². The van der Waals surface area contributed by atoms with Crippen LogP contribution in [0.2, 0.25) is 0 Å². The summed E-state index contributed by atoms with van der Waals surface area (Å²) in [6, 6.07) is 15.5. The maximum Gasteiger partial charge on any atom is 0.185 e. The lowest BCUT2D eigenvalue weighted by Crippen LogP contribution is -1.97. The van der Waals surface area contributed by atoms with Crippen LogP contribution in [0.25, 0.3) is 6.08 Å². The van der Waals surface area contributed by atoms with Crippen molar-refractivity contribution in [3.05, 3.63) is 65.2 Å². The van der Waals surface area contributed by atoms with Gasteiger partial charge in [-0.3, -0.25) is 4.79 Å². The minimum atomic E-state index is -0.164. The average molecular weight is 318 g/mol. The van der Waals surface area contributed by atoms with Crippen molar-refractivity contribution in [3.63, 3.8) is 0 Å². The van der Waals surface area contributed by atoms with Crippen LogP contribution >= 0.6 is 0 Å². The summed E-state index contributed by atoms with van der Waals surface area (Å²) in [5.74, 6) is 0.788. The Labute approximate surface area is 140 Å². The van der Waals surface area contributed by atoms with E-state index in [1.165, 1.54) is 13.2 Å². The van der Waals surface area contributed by atoms with Gasteiger partial charge in [0.15, 0.2) is 23.9 Å². The molecule has 0 fully saturated rings. The van der Waals surface area contributed by atoms with Gasteiger partial charge in [0, 0.05) is 5.56 Å². The Morgan fingerprint density at radius 3 is 2.50 bits per heavy atom. The molecular weight excluding hydrogens is 304 g/mol. The molecule has 0 aromatic heterocycles. The van der Waals surface area contributed by atoms with Gasteiger partial charge in [-0.25, -0.2) is 0 Å². The van der Waals surface area contributed by atoms with Gasteiger partial charge < -0.3 is 9.47 Å². The van der Waals surface area contributed by atoms with Gasteiger partial charge in [-0.1, -0.05) is 12.1 Å². The number of carbonyl (C=O) groups is 1. The number of rotatable bonds is 6. The van der Waals surface area contributed by atoms with Crippen molar-refractivity contribution < 1.29 is 14.3 Å². The molecule has 0 saturated heterocycles. The van der Waals surface area contributed by atoms with Crippen molar-refractivity contribution in [1.29, 1.82) is 10.5 Å². The number of hydrogen-bond acceptors (Lipinski definition) is 5. The molecule has 0 bridgehead atoms. The molecule has 0 saturated carbocycles. The smallest absolute Gasteiger partial charge is 0.185 e. The number of allylic oxidation sites excluding steroid dienone is 1. The number of benzene rings is 2. The molecule has 118 valence electrons. The highest BCUT2D eigenvalue weighted by molar-refractivity contribution is 6.06. The largest absolute Gasteiger partial charge is 0.493 e. The monoisotopic (exact) mass is 318 g/mol. The zero-order valence-electron chi connectivity index (χ0n) is 13.0. The molecule has 2 aromatic carbocycles. The van der Waals surface area contributed by atoms with Crippen LogP contribution in [0.5, 0.6) is 11.5 Å². The first kappa shape index (κ1) is 16.8. The van der Waals surface area contributed by atoms with Gasteiger partial charge >= 0.3 is 0 Å². The summed E-state index contributed by atoms with van der Waals surface area (Å²) >= 11 is 0. The molecule has 2 aromatic rings. The molecule has 24 heavy (non-hydrogen) atoms. The van der Waals surface area contributed by atoms with E-state index in [4.69, 9.17) is 20.0 Å². The third kappa shape index (κ3) is 4.22. The normalized spacial score (nSPS) is 9.96. The summed E-state index contributed by atoms with van der Waals surface area (Å²) in [6.45, 7) is -0.0667. The molecule has 5 heteroatoms. The summed E-state index contributed by atoms with van der Waals surface area (Å²) in [5.41, 5.74) is 1.78. The van der Waals surface area contributed by atoms with Crippen molar-refractivity contribution in [3.8, 4) is 23.6 Å². The minimum absolute atomic E-state index is 0.0667. The van der Waals surface area contributed by atoms with Crippen LogP contribution in [0.15, 0.2) is 48.5 Å². The second-order valence-corrected chi connectivity index (χ2v) is 4.74. The Morgan fingerprint density at radius 1 is 1.12 bits per heavy atom. The topological polar surface area (TPSA) is 83.1 Å². The van der Waals surface area contributed by atoms with Crippen molar-refractivity contribution >= 4 is 11.9 Å². The predicted octanol–water partition coefficient (Wildman–Crippen LogP) is 3.37. The van der Waals surface area contributed by atoms with Gasteiger partial charge in [-0.15, -0.1) is 0 Å². The van der Waals surface area contributed by atoms with E-state index >= 15 is 0 Å². The lowest BCUT2D eigenvalue weighted by atomic mass is 10.1. The van der Waals surface area contributed by atoms with E-state index in [9.17, 15) is 4.79 Å². The SMILES string of the molecule is COc1cc(/C=C/C(=O)c2ccc(C#N)cc2)ccc1OCC#N. The Morgan fingerprint density at radius 2 is 1.88 bits per heavy atom. The van der Waals surface area contributed by atoms with Crippen molar-refractivity contribution in [2.75, 3.05) is 13.7 Å². The zero-order chi connectivity index (χ0) is 17.4. The Balaban J connectivity index is 2.14. The fraction of sp³-hybridized carbons (Fsp3) is 0.105. The lowest BCUT2D eigenvalue weighted by Gasteiger charge is -2.08. The predicted molar refractivity (Wildman–Crippen MR) is 88.6 cm³/mol. The first-order chi connectivity index (χ1) is 11.7. The van der Waals surface area contributed by atoms with Crippen LogP contribution < -0.4 is 9.47 Å². The Kier molecular flexibility index (Phi) is 5.71. The molecule has 0 unspecified atom stereocenters. The van der Waals surface area contributed by atoms with Crippen LogP contribution in [-0.2, 0) is 0 Å². The fourth-order valence-electron chi connectivity index (χ4n) is 1.99. The first-order valence-corrected chi connectivity index (χ1v) is 7.08. The maximum absolute atomic E-state index is 12.1. The molecule has 0 radical (unpaired) electrons. The van der Waals surface area contributed by atoms with E-state index in [0.29, 0.717) is 22.6 Å². The summed E-state index contributed by atoms with van der Waals surface area (Å²) in [7, 11) is 1.50. The van der Waals surface area contributed by atoms with E-state index in [1.54, 1.807) is 48.5 Å². The fourth-order valence-corrected chi connectivity index (χ4v) is 1.99. The Hall–Kier alpha value is -3.57. The second kappa shape index (κ2) is 8.17. The van der Waals surface area contributed by atoms with Crippen LogP contribution in [0.1, 0.15) is 21.5 Å². The second-order valence-electron chi connectivity index (χ2n) is 4.74. The van der Waals surface area contributed by atoms with Crippen molar-refractivity contribution in [1.82, 2.24) is 0 Å². The van der Waals surface area contributed by atoms with E-state index in [2.05, 4.69) is 0 Å². The highest BCUT2D eigenvalue weighted by Crippen LogP contribution is 2.28. The summed E-state index contributed by atoms with van der Waals surface area (Å²) < 4.78 is 10.5. The van der Waals surface area contributed by atoms with E-state index in [-0.39, 0.29) is 12.4 Å². The van der Waals surface area contributed by atoms with Gasteiger partial charge in [-0.05, 0) is 48.0 Å². The molecule has 0 aliphatic carbocycles. The number of nitriles is 2. The van der Waals surface area contributed by atoms with E-state index in [1.807, 2.05) is 12.1 Å². The van der Waals surface area contributed by atoms with Crippen LogP contribution in [-0.4, -0.2) is 19.5 Å². The highest BCUT2D eigenvalue weighted by atomic mass is 16.5. The lowest BCUT2D eigenvalue weighted by molar-refractivity contribution is 0.104. The summed E-state index contributed by atoms with van der Waals surface area (Å²) in [5, 5.41) is 17.3. The quantitative estimate of drug-likeness (QED) is 0.602. The third-order valence-electron chi connectivity index (χ3n) is 3.21. The number of carbonyl (C=O) groups excluding carboxylic acids is 1. The van der Waals surface area contributed by atoms with Crippen LogP contribution in [0.4, 0.5) is 0 Å².